The maximum absolute atomic E-state index is 11.5. The normalized spacial score (nSPS) is 10.0. The number of Topliss-reactive ketones (excluding diaryl/α,β-unsaturated/α-hetero) is 3. The lowest BCUT2D eigenvalue weighted by atomic mass is 9.93. The molecular formula is C45H52O3S3. The van der Waals surface area contributed by atoms with Crippen molar-refractivity contribution >= 4 is 57.4 Å². The number of hydrogen-bond acceptors (Lipinski definition) is 6. The zero-order valence-electron chi connectivity index (χ0n) is 29.9. The molecule has 3 aromatic heterocycles. The third kappa shape index (κ3) is 15.9. The summed E-state index contributed by atoms with van der Waals surface area (Å²) in [7, 11) is 0. The van der Waals surface area contributed by atoms with Crippen molar-refractivity contribution in [3.63, 3.8) is 0 Å². The molecule has 6 rings (SSSR count). The number of carbonyl (C=O) groups is 3. The van der Waals surface area contributed by atoms with Crippen LogP contribution in [-0.2, 0) is 12.8 Å². The third-order valence-electron chi connectivity index (χ3n) is 7.28. The molecule has 1 atom stereocenters. The molecule has 0 radical (unpaired) electrons. The fourth-order valence-corrected chi connectivity index (χ4v) is 7.08. The summed E-state index contributed by atoms with van der Waals surface area (Å²) in [5, 5.41) is 5.89. The van der Waals surface area contributed by atoms with Gasteiger partial charge in [0.15, 0.2) is 17.3 Å². The largest absolute Gasteiger partial charge is 0.294 e. The summed E-state index contributed by atoms with van der Waals surface area (Å²) >= 11 is 4.56. The van der Waals surface area contributed by atoms with Crippen molar-refractivity contribution in [3.8, 4) is 0 Å². The summed E-state index contributed by atoms with van der Waals surface area (Å²) in [6.45, 7) is 14.6. The lowest BCUT2D eigenvalue weighted by molar-refractivity contribution is 0.101. The molecule has 6 aromatic rings. The Labute approximate surface area is 318 Å². The highest BCUT2D eigenvalue weighted by Gasteiger charge is 2.16. The van der Waals surface area contributed by atoms with Crippen molar-refractivity contribution in [1.82, 2.24) is 0 Å². The summed E-state index contributed by atoms with van der Waals surface area (Å²) < 4.78 is 0. The van der Waals surface area contributed by atoms with Crippen molar-refractivity contribution in [2.45, 2.75) is 67.7 Å². The third-order valence-corrected chi connectivity index (χ3v) is 10.3. The molecule has 0 amide bonds. The van der Waals surface area contributed by atoms with Gasteiger partial charge in [-0.2, -0.15) is 0 Å². The Bertz CT molecular complexity index is 1820. The van der Waals surface area contributed by atoms with Crippen molar-refractivity contribution in [2.24, 2.45) is 0 Å². The molecule has 0 aliphatic rings. The van der Waals surface area contributed by atoms with Crippen LogP contribution in [0.25, 0.3) is 6.08 Å². The van der Waals surface area contributed by atoms with Gasteiger partial charge in [0.25, 0.3) is 0 Å². The van der Waals surface area contributed by atoms with Crippen LogP contribution in [-0.4, -0.2) is 17.3 Å². The van der Waals surface area contributed by atoms with Gasteiger partial charge in [-0.15, -0.1) is 34.0 Å². The van der Waals surface area contributed by atoms with Crippen molar-refractivity contribution < 1.29 is 14.4 Å². The summed E-state index contributed by atoms with van der Waals surface area (Å²) in [5.41, 5.74) is 6.07. The maximum Gasteiger partial charge on any atom is 0.170 e. The fraction of sp³-hybridized carbons (Fsp3) is 0.222. The Hall–Kier alpha value is -4.49. The summed E-state index contributed by atoms with van der Waals surface area (Å²) in [4.78, 5) is 36.0. The number of benzene rings is 3. The van der Waals surface area contributed by atoms with Crippen LogP contribution in [0.5, 0.6) is 0 Å². The van der Waals surface area contributed by atoms with Gasteiger partial charge in [-0.25, -0.2) is 0 Å². The van der Waals surface area contributed by atoms with Gasteiger partial charge in [0, 0.05) is 5.92 Å². The van der Waals surface area contributed by atoms with Gasteiger partial charge in [-0.1, -0.05) is 138 Å². The summed E-state index contributed by atoms with van der Waals surface area (Å²) in [5.74, 6) is 0.775. The van der Waals surface area contributed by atoms with Crippen LogP contribution in [0.1, 0.15) is 112 Å². The maximum atomic E-state index is 11.5. The molecule has 0 aliphatic heterocycles. The van der Waals surface area contributed by atoms with Gasteiger partial charge in [0.2, 0.25) is 0 Å². The van der Waals surface area contributed by atoms with Gasteiger partial charge in [-0.05, 0) is 95.8 Å². The Morgan fingerprint density at radius 1 is 0.608 bits per heavy atom. The molecule has 3 heterocycles. The van der Waals surface area contributed by atoms with E-state index in [9.17, 15) is 14.4 Å². The summed E-state index contributed by atoms with van der Waals surface area (Å²) in [6, 6.07) is 38.5. The molecule has 6 heteroatoms. The quantitative estimate of drug-likeness (QED) is 0.139. The molecule has 1 unspecified atom stereocenters. The van der Waals surface area contributed by atoms with E-state index in [1.165, 1.54) is 44.9 Å². The minimum Gasteiger partial charge on any atom is -0.294 e. The average Bonchev–Trinajstić information content (AvgIpc) is 3.96. The summed E-state index contributed by atoms with van der Waals surface area (Å²) in [6.07, 6.45) is 3.78. The Morgan fingerprint density at radius 3 is 1.61 bits per heavy atom. The highest BCUT2D eigenvalue weighted by Crippen LogP contribution is 2.30. The minimum absolute atomic E-state index is 0. The van der Waals surface area contributed by atoms with E-state index in [2.05, 4.69) is 62.0 Å². The number of rotatable bonds is 9. The average molecular weight is 737 g/mol. The van der Waals surface area contributed by atoms with E-state index in [1.54, 1.807) is 32.1 Å². The molecule has 0 N–H and O–H groups in total. The minimum atomic E-state index is 0. The molecule has 0 fully saturated rings. The zero-order valence-corrected chi connectivity index (χ0v) is 32.4. The molecule has 0 bridgehead atoms. The van der Waals surface area contributed by atoms with Gasteiger partial charge < -0.3 is 0 Å². The molecule has 51 heavy (non-hydrogen) atoms. The second-order valence-corrected chi connectivity index (χ2v) is 13.6. The van der Waals surface area contributed by atoms with Crippen molar-refractivity contribution in [2.75, 3.05) is 0 Å². The molecule has 0 spiro atoms. The van der Waals surface area contributed by atoms with Crippen LogP contribution in [0.4, 0.5) is 0 Å². The molecule has 3 nitrogen and oxygen atoms in total. The highest BCUT2D eigenvalue weighted by atomic mass is 32.1. The van der Waals surface area contributed by atoms with E-state index < -0.39 is 0 Å². The number of hydrogen-bond donors (Lipinski definition) is 0. The van der Waals surface area contributed by atoms with E-state index in [0.717, 1.165) is 33.0 Å². The number of ketones is 3. The Morgan fingerprint density at radius 2 is 1.14 bits per heavy atom. The lowest BCUT2D eigenvalue weighted by Crippen LogP contribution is -2.00. The van der Waals surface area contributed by atoms with E-state index in [1.807, 2.05) is 103 Å². The molecule has 0 saturated heterocycles. The predicted octanol–water partition coefficient (Wildman–Crippen LogP) is 13.8. The van der Waals surface area contributed by atoms with E-state index in [4.69, 9.17) is 0 Å². The SMILES string of the molecule is C.C=Cc1ccccc1.CC.CC(=O)c1cccs1.CC(=O)c1sccc1C(C)c1ccccc1.CC(=O)c1sccc1CCc1ccccc1. The van der Waals surface area contributed by atoms with Crippen LogP contribution >= 0.6 is 34.0 Å². The lowest BCUT2D eigenvalue weighted by Gasteiger charge is -2.11. The van der Waals surface area contributed by atoms with Gasteiger partial charge in [0.1, 0.15) is 0 Å². The molecule has 268 valence electrons. The van der Waals surface area contributed by atoms with E-state index in [-0.39, 0.29) is 30.7 Å². The molecule has 3 aromatic carbocycles. The van der Waals surface area contributed by atoms with Crippen LogP contribution in [0.2, 0.25) is 0 Å². The molecule has 0 saturated carbocycles. The topological polar surface area (TPSA) is 51.2 Å². The fourth-order valence-electron chi connectivity index (χ4n) is 4.70. The van der Waals surface area contributed by atoms with Gasteiger partial charge >= 0.3 is 0 Å². The number of carbonyl (C=O) groups excluding carboxylic acids is 3. The standard InChI is InChI=1S/2C14H14OS.C8H8.C6H6OS.C2H6.CH4/c1-10(12-6-4-3-5-7-12)13-8-9-16-14(13)11(2)15;1-11(15)14-13(9-10-16-14)8-7-12-5-3-2-4-6-12;1-2-8-6-4-3-5-7-8;1-5(7)6-3-2-4-8-6;1-2;/h3-10H,1-2H3;2-6,9-10H,7-8H2,1H3;2-7H,1H2;2-4H,1H3;1-2H3;1H4. The van der Waals surface area contributed by atoms with Crippen molar-refractivity contribution in [1.29, 1.82) is 0 Å². The number of aryl methyl sites for hydroxylation is 2. The highest BCUT2D eigenvalue weighted by molar-refractivity contribution is 7.12. The second kappa shape index (κ2) is 25.5. The first-order valence-electron chi connectivity index (χ1n) is 16.7. The number of thiophene rings is 3. The van der Waals surface area contributed by atoms with Gasteiger partial charge in [-0.3, -0.25) is 14.4 Å². The second-order valence-electron chi connectivity index (χ2n) is 10.9. The predicted molar refractivity (Wildman–Crippen MR) is 225 cm³/mol. The molecule has 0 aliphatic carbocycles. The first-order chi connectivity index (χ1) is 24.2. The van der Waals surface area contributed by atoms with Gasteiger partial charge in [0.05, 0.1) is 14.6 Å². The van der Waals surface area contributed by atoms with Crippen LogP contribution in [0, 0.1) is 0 Å². The van der Waals surface area contributed by atoms with E-state index >= 15 is 0 Å². The van der Waals surface area contributed by atoms with Crippen molar-refractivity contribution in [3.05, 3.63) is 180 Å². The van der Waals surface area contributed by atoms with E-state index in [0.29, 0.717) is 0 Å². The Balaban J connectivity index is 0.000000348. The smallest absolute Gasteiger partial charge is 0.170 e. The Kier molecular flexibility index (Phi) is 22.2. The monoisotopic (exact) mass is 736 g/mol. The van der Waals surface area contributed by atoms with Crippen LogP contribution < -0.4 is 0 Å². The van der Waals surface area contributed by atoms with Crippen LogP contribution in [0.15, 0.2) is 138 Å². The first kappa shape index (κ1) is 44.5. The van der Waals surface area contributed by atoms with Crippen LogP contribution in [0.3, 0.4) is 0 Å². The first-order valence-corrected chi connectivity index (χ1v) is 19.3. The molecular weight excluding hydrogens is 685 g/mol. The zero-order chi connectivity index (χ0) is 36.7.